The third-order valence-corrected chi connectivity index (χ3v) is 2.07. The quantitative estimate of drug-likeness (QED) is 0.361. The summed E-state index contributed by atoms with van der Waals surface area (Å²) in [5.41, 5.74) is 0.941. The van der Waals surface area contributed by atoms with Gasteiger partial charge in [-0.1, -0.05) is 18.0 Å². The molecular formula is C12H19IN4O. The zero-order valence-corrected chi connectivity index (χ0v) is 13.0. The first-order valence-electron chi connectivity index (χ1n) is 5.70. The van der Waals surface area contributed by atoms with Crippen molar-refractivity contribution in [2.75, 3.05) is 13.1 Å². The van der Waals surface area contributed by atoms with Gasteiger partial charge in [0.25, 0.3) is 0 Å². The number of guanidine groups is 1. The highest BCUT2D eigenvalue weighted by Crippen LogP contribution is 2.05. The molecule has 0 aliphatic heterocycles. The fraction of sp³-hybridized carbons (Fsp3) is 0.500. The second kappa shape index (κ2) is 9.76. The molecule has 0 atom stereocenters. The third kappa shape index (κ3) is 5.91. The molecule has 2 N–H and O–H groups in total. The van der Waals surface area contributed by atoms with Gasteiger partial charge in [0, 0.05) is 12.6 Å². The summed E-state index contributed by atoms with van der Waals surface area (Å²) in [5.74, 6) is 3.93. The van der Waals surface area contributed by atoms with E-state index in [1.807, 2.05) is 19.9 Å². The molecule has 0 saturated heterocycles. The average Bonchev–Trinajstić information content (AvgIpc) is 2.80. The summed E-state index contributed by atoms with van der Waals surface area (Å²) in [6.45, 7) is 5.71. The summed E-state index contributed by atoms with van der Waals surface area (Å²) in [6.07, 6.45) is 6.04. The van der Waals surface area contributed by atoms with E-state index in [1.165, 1.54) is 0 Å². The molecule has 0 radical (unpaired) electrons. The topological polar surface area (TPSA) is 62.5 Å². The lowest BCUT2D eigenvalue weighted by Gasteiger charge is -2.07. The van der Waals surface area contributed by atoms with Crippen LogP contribution < -0.4 is 10.6 Å². The van der Waals surface area contributed by atoms with Gasteiger partial charge in [-0.3, -0.25) is 0 Å². The normalized spacial score (nSPS) is 10.4. The Kier molecular flexibility index (Phi) is 9.10. The highest BCUT2D eigenvalue weighted by Gasteiger charge is 2.02. The zero-order chi connectivity index (χ0) is 12.5. The van der Waals surface area contributed by atoms with E-state index in [9.17, 15) is 0 Å². The van der Waals surface area contributed by atoms with E-state index < -0.39 is 0 Å². The zero-order valence-electron chi connectivity index (χ0n) is 10.7. The van der Waals surface area contributed by atoms with Gasteiger partial charge in [-0.05, 0) is 13.3 Å². The van der Waals surface area contributed by atoms with Crippen LogP contribution in [-0.4, -0.2) is 24.2 Å². The molecule has 0 spiro atoms. The van der Waals surface area contributed by atoms with Gasteiger partial charge >= 0.3 is 0 Å². The Morgan fingerprint density at radius 3 is 2.83 bits per heavy atom. The van der Waals surface area contributed by atoms with Crippen LogP contribution in [0.2, 0.25) is 0 Å². The Labute approximate surface area is 125 Å². The highest BCUT2D eigenvalue weighted by atomic mass is 127. The van der Waals surface area contributed by atoms with Crippen LogP contribution >= 0.6 is 24.0 Å². The number of aliphatic imine (C=N–C) groups is 1. The van der Waals surface area contributed by atoms with Crippen LogP contribution in [0, 0.1) is 12.3 Å². The number of hydrogen-bond donors (Lipinski definition) is 2. The van der Waals surface area contributed by atoms with E-state index in [0.29, 0.717) is 19.0 Å². The van der Waals surface area contributed by atoms with Gasteiger partial charge in [-0.2, -0.15) is 0 Å². The van der Waals surface area contributed by atoms with Gasteiger partial charge in [-0.25, -0.2) is 4.99 Å². The van der Waals surface area contributed by atoms with Crippen molar-refractivity contribution in [3.63, 3.8) is 0 Å². The molecule has 0 aliphatic carbocycles. The summed E-state index contributed by atoms with van der Waals surface area (Å²) in [6, 6.07) is 1.91. The van der Waals surface area contributed by atoms with Gasteiger partial charge in [0.15, 0.2) is 11.7 Å². The molecule has 0 bridgehead atoms. The Morgan fingerprint density at radius 2 is 2.28 bits per heavy atom. The molecule has 0 aliphatic rings. The SMILES string of the molecule is C#CCNC(=NCc1cc(CC)no1)NCC.I. The molecule has 1 aromatic heterocycles. The van der Waals surface area contributed by atoms with E-state index in [-0.39, 0.29) is 24.0 Å². The van der Waals surface area contributed by atoms with Crippen LogP contribution in [-0.2, 0) is 13.0 Å². The van der Waals surface area contributed by atoms with E-state index in [4.69, 9.17) is 10.9 Å². The molecule has 1 rings (SSSR count). The Balaban J connectivity index is 0.00000289. The van der Waals surface area contributed by atoms with E-state index in [1.54, 1.807) is 0 Å². The van der Waals surface area contributed by atoms with Crippen LogP contribution in [0.15, 0.2) is 15.6 Å². The molecular weight excluding hydrogens is 343 g/mol. The van der Waals surface area contributed by atoms with Crippen molar-refractivity contribution in [1.29, 1.82) is 0 Å². The number of aryl methyl sites for hydroxylation is 1. The van der Waals surface area contributed by atoms with E-state index in [0.717, 1.165) is 24.4 Å². The Morgan fingerprint density at radius 1 is 1.50 bits per heavy atom. The summed E-state index contributed by atoms with van der Waals surface area (Å²) in [7, 11) is 0. The second-order valence-corrected chi connectivity index (χ2v) is 3.39. The summed E-state index contributed by atoms with van der Waals surface area (Å²) in [4.78, 5) is 4.33. The van der Waals surface area contributed by atoms with Crippen LogP contribution in [0.5, 0.6) is 0 Å². The molecule has 0 saturated carbocycles. The first-order valence-corrected chi connectivity index (χ1v) is 5.70. The lowest BCUT2D eigenvalue weighted by atomic mass is 10.3. The fourth-order valence-electron chi connectivity index (χ4n) is 1.23. The minimum Gasteiger partial charge on any atom is -0.359 e. The maximum atomic E-state index is 5.18. The minimum absolute atomic E-state index is 0. The number of nitrogens with one attached hydrogen (secondary N) is 2. The van der Waals surface area contributed by atoms with Crippen molar-refractivity contribution in [3.05, 3.63) is 17.5 Å². The van der Waals surface area contributed by atoms with Crippen molar-refractivity contribution >= 4 is 29.9 Å². The second-order valence-electron chi connectivity index (χ2n) is 3.39. The smallest absolute Gasteiger partial charge is 0.192 e. The Bertz CT molecular complexity index is 408. The summed E-state index contributed by atoms with van der Waals surface area (Å²) >= 11 is 0. The van der Waals surface area contributed by atoms with Gasteiger partial charge in [0.05, 0.1) is 12.2 Å². The first-order chi connectivity index (χ1) is 8.30. The first kappa shape index (κ1) is 16.8. The third-order valence-electron chi connectivity index (χ3n) is 2.07. The molecule has 6 heteroatoms. The lowest BCUT2D eigenvalue weighted by Crippen LogP contribution is -2.37. The van der Waals surface area contributed by atoms with Crippen molar-refractivity contribution in [1.82, 2.24) is 15.8 Å². The molecule has 5 nitrogen and oxygen atoms in total. The average molecular weight is 362 g/mol. The largest absolute Gasteiger partial charge is 0.359 e. The standard InChI is InChI=1S/C12H18N4O.HI/c1-4-7-14-12(13-6-3)15-9-11-8-10(5-2)16-17-11;/h1,8H,5-7,9H2,2-3H3,(H2,13,14,15);1H. The molecule has 1 aromatic rings. The fourth-order valence-corrected chi connectivity index (χ4v) is 1.23. The summed E-state index contributed by atoms with van der Waals surface area (Å²) < 4.78 is 5.14. The number of rotatable bonds is 5. The molecule has 0 fully saturated rings. The highest BCUT2D eigenvalue weighted by molar-refractivity contribution is 14.0. The lowest BCUT2D eigenvalue weighted by molar-refractivity contribution is 0.379. The number of hydrogen-bond acceptors (Lipinski definition) is 3. The van der Waals surface area contributed by atoms with Crippen molar-refractivity contribution in [2.24, 2.45) is 4.99 Å². The predicted octanol–water partition coefficient (Wildman–Crippen LogP) is 1.54. The molecule has 0 amide bonds. The van der Waals surface area contributed by atoms with Crippen LogP contribution in [0.3, 0.4) is 0 Å². The van der Waals surface area contributed by atoms with Gasteiger partial charge < -0.3 is 15.2 Å². The van der Waals surface area contributed by atoms with Gasteiger partial charge in [0.2, 0.25) is 0 Å². The van der Waals surface area contributed by atoms with E-state index >= 15 is 0 Å². The number of halogens is 1. The summed E-state index contributed by atoms with van der Waals surface area (Å²) in [5, 5.41) is 10.00. The molecule has 0 aromatic carbocycles. The van der Waals surface area contributed by atoms with Crippen LogP contribution in [0.25, 0.3) is 0 Å². The van der Waals surface area contributed by atoms with Gasteiger partial charge in [0.1, 0.15) is 6.54 Å². The monoisotopic (exact) mass is 362 g/mol. The molecule has 0 unspecified atom stereocenters. The molecule has 1 heterocycles. The molecule has 100 valence electrons. The predicted molar refractivity (Wildman–Crippen MR) is 82.9 cm³/mol. The van der Waals surface area contributed by atoms with Crippen molar-refractivity contribution in [3.8, 4) is 12.3 Å². The number of aromatic nitrogens is 1. The number of nitrogens with zero attached hydrogens (tertiary/aromatic N) is 2. The maximum Gasteiger partial charge on any atom is 0.192 e. The molecule has 18 heavy (non-hydrogen) atoms. The van der Waals surface area contributed by atoms with Gasteiger partial charge in [-0.15, -0.1) is 30.4 Å². The van der Waals surface area contributed by atoms with E-state index in [2.05, 4.69) is 26.7 Å². The van der Waals surface area contributed by atoms with Crippen molar-refractivity contribution in [2.45, 2.75) is 26.8 Å². The van der Waals surface area contributed by atoms with Crippen LogP contribution in [0.4, 0.5) is 0 Å². The maximum absolute atomic E-state index is 5.18. The van der Waals surface area contributed by atoms with Crippen molar-refractivity contribution < 1.29 is 4.52 Å². The number of terminal acetylenes is 1. The Hall–Kier alpha value is -1.23. The minimum atomic E-state index is 0. The van der Waals surface area contributed by atoms with Crippen LogP contribution in [0.1, 0.15) is 25.3 Å².